The van der Waals surface area contributed by atoms with Crippen molar-refractivity contribution >= 4 is 11.3 Å². The number of aromatic nitrogens is 1. The van der Waals surface area contributed by atoms with Gasteiger partial charge in [-0.3, -0.25) is 0 Å². The van der Waals surface area contributed by atoms with E-state index < -0.39 is 0 Å². The zero-order chi connectivity index (χ0) is 13.3. The Hall–Kier alpha value is -1.26. The summed E-state index contributed by atoms with van der Waals surface area (Å²) in [5, 5.41) is 10.4. The van der Waals surface area contributed by atoms with E-state index in [4.69, 9.17) is 0 Å². The second-order valence-corrected chi connectivity index (χ2v) is 6.29. The zero-order valence-corrected chi connectivity index (χ0v) is 11.5. The number of halogens is 1. The second-order valence-electron chi connectivity index (χ2n) is 5.21. The molecule has 0 fully saturated rings. The summed E-state index contributed by atoms with van der Waals surface area (Å²) in [5.74, 6) is -0.290. The molecule has 0 unspecified atom stereocenters. The molecule has 0 bridgehead atoms. The highest BCUT2D eigenvalue weighted by Crippen LogP contribution is 2.34. The minimum Gasteiger partial charge on any atom is -0.391 e. The molecule has 1 heterocycles. The van der Waals surface area contributed by atoms with Gasteiger partial charge in [-0.25, -0.2) is 9.37 Å². The molecule has 2 nitrogen and oxygen atoms in total. The van der Waals surface area contributed by atoms with E-state index >= 15 is 0 Å². The first kappa shape index (κ1) is 13.2. The van der Waals surface area contributed by atoms with Gasteiger partial charge in [0, 0.05) is 11.0 Å². The van der Waals surface area contributed by atoms with Crippen molar-refractivity contribution in [3.8, 4) is 11.3 Å². The number of thiazole rings is 1. The predicted octanol–water partition coefficient (Wildman–Crippen LogP) is 3.74. The van der Waals surface area contributed by atoms with Gasteiger partial charge in [-0.2, -0.15) is 0 Å². The number of hydrogen-bond donors (Lipinski definition) is 1. The SMILES string of the molecule is CC(C)(C)c1nc(-c2cccc(F)c2)c(CO)s1. The number of nitrogens with zero attached hydrogens (tertiary/aromatic N) is 1. The molecule has 0 saturated heterocycles. The Kier molecular flexibility index (Phi) is 3.50. The molecule has 2 aromatic rings. The monoisotopic (exact) mass is 265 g/mol. The minimum atomic E-state index is -0.290. The lowest BCUT2D eigenvalue weighted by Crippen LogP contribution is -2.10. The van der Waals surface area contributed by atoms with Crippen molar-refractivity contribution in [1.29, 1.82) is 0 Å². The summed E-state index contributed by atoms with van der Waals surface area (Å²) >= 11 is 1.48. The molecule has 0 aliphatic carbocycles. The summed E-state index contributed by atoms with van der Waals surface area (Å²) in [6.07, 6.45) is 0. The summed E-state index contributed by atoms with van der Waals surface area (Å²) in [4.78, 5) is 5.34. The molecule has 0 atom stereocenters. The van der Waals surface area contributed by atoms with E-state index in [0.29, 0.717) is 11.3 Å². The van der Waals surface area contributed by atoms with Crippen LogP contribution in [0.1, 0.15) is 30.7 Å². The topological polar surface area (TPSA) is 33.1 Å². The lowest BCUT2D eigenvalue weighted by molar-refractivity contribution is 0.286. The van der Waals surface area contributed by atoms with Gasteiger partial charge >= 0.3 is 0 Å². The molecule has 18 heavy (non-hydrogen) atoms. The molecule has 96 valence electrons. The predicted molar refractivity (Wildman–Crippen MR) is 72.1 cm³/mol. The van der Waals surface area contributed by atoms with Crippen molar-refractivity contribution < 1.29 is 9.50 Å². The third-order valence-corrected chi connectivity index (χ3v) is 4.05. The third-order valence-electron chi connectivity index (χ3n) is 2.58. The van der Waals surface area contributed by atoms with Crippen LogP contribution < -0.4 is 0 Å². The molecule has 0 saturated carbocycles. The number of rotatable bonds is 2. The molecule has 1 aromatic heterocycles. The maximum Gasteiger partial charge on any atom is 0.123 e. The molecular formula is C14H16FNOS. The molecule has 1 N–H and O–H groups in total. The van der Waals surface area contributed by atoms with Crippen molar-refractivity contribution in [2.45, 2.75) is 32.8 Å². The molecule has 0 aliphatic heterocycles. The molecule has 2 rings (SSSR count). The van der Waals surface area contributed by atoms with Crippen LogP contribution in [0.15, 0.2) is 24.3 Å². The Bertz CT molecular complexity index is 557. The Morgan fingerprint density at radius 1 is 1.33 bits per heavy atom. The van der Waals surface area contributed by atoms with E-state index in [1.54, 1.807) is 6.07 Å². The highest BCUT2D eigenvalue weighted by molar-refractivity contribution is 7.12. The number of hydrogen-bond acceptors (Lipinski definition) is 3. The largest absolute Gasteiger partial charge is 0.391 e. The van der Waals surface area contributed by atoms with Crippen LogP contribution in [-0.4, -0.2) is 10.1 Å². The molecule has 0 radical (unpaired) electrons. The van der Waals surface area contributed by atoms with E-state index in [9.17, 15) is 9.50 Å². The Morgan fingerprint density at radius 2 is 2.06 bits per heavy atom. The summed E-state index contributed by atoms with van der Waals surface area (Å²) in [6.45, 7) is 6.15. The van der Waals surface area contributed by atoms with Gasteiger partial charge in [0.1, 0.15) is 5.82 Å². The Morgan fingerprint density at radius 3 is 2.61 bits per heavy atom. The number of aliphatic hydroxyl groups is 1. The molecule has 0 spiro atoms. The van der Waals surface area contributed by atoms with E-state index in [2.05, 4.69) is 25.8 Å². The standard InChI is InChI=1S/C14H16FNOS/c1-14(2,3)13-16-12(11(8-17)18-13)9-5-4-6-10(15)7-9/h4-7,17H,8H2,1-3H3. The fourth-order valence-corrected chi connectivity index (χ4v) is 2.64. The van der Waals surface area contributed by atoms with Crippen LogP contribution in [0.2, 0.25) is 0 Å². The van der Waals surface area contributed by atoms with Gasteiger partial charge in [-0.05, 0) is 12.1 Å². The van der Waals surface area contributed by atoms with Gasteiger partial charge in [0.05, 0.1) is 22.2 Å². The number of benzene rings is 1. The number of aliphatic hydroxyl groups excluding tert-OH is 1. The lowest BCUT2D eigenvalue weighted by atomic mass is 9.98. The van der Waals surface area contributed by atoms with E-state index in [1.807, 2.05) is 6.07 Å². The Labute approximate surface area is 110 Å². The second kappa shape index (κ2) is 4.78. The molecule has 0 aliphatic rings. The molecule has 0 amide bonds. The highest BCUT2D eigenvalue weighted by Gasteiger charge is 2.22. The first-order valence-corrected chi connectivity index (χ1v) is 6.60. The molecule has 4 heteroatoms. The van der Waals surface area contributed by atoms with Gasteiger partial charge in [0.15, 0.2) is 0 Å². The zero-order valence-electron chi connectivity index (χ0n) is 10.7. The third kappa shape index (κ3) is 2.60. The lowest BCUT2D eigenvalue weighted by Gasteiger charge is -2.13. The maximum absolute atomic E-state index is 13.2. The van der Waals surface area contributed by atoms with Crippen molar-refractivity contribution in [2.24, 2.45) is 0 Å². The average Bonchev–Trinajstić information content (AvgIpc) is 2.72. The fraction of sp³-hybridized carbons (Fsp3) is 0.357. The van der Waals surface area contributed by atoms with Gasteiger partial charge in [0.2, 0.25) is 0 Å². The maximum atomic E-state index is 13.2. The summed E-state index contributed by atoms with van der Waals surface area (Å²) in [7, 11) is 0. The van der Waals surface area contributed by atoms with Gasteiger partial charge in [-0.15, -0.1) is 11.3 Å². The average molecular weight is 265 g/mol. The van der Waals surface area contributed by atoms with Crippen LogP contribution in [0.25, 0.3) is 11.3 Å². The van der Waals surface area contributed by atoms with Crippen LogP contribution in [0.5, 0.6) is 0 Å². The molecule has 1 aromatic carbocycles. The van der Waals surface area contributed by atoms with E-state index in [-0.39, 0.29) is 17.8 Å². The van der Waals surface area contributed by atoms with Crippen LogP contribution in [0, 0.1) is 5.82 Å². The van der Waals surface area contributed by atoms with Crippen LogP contribution in [0.3, 0.4) is 0 Å². The van der Waals surface area contributed by atoms with Crippen molar-refractivity contribution in [3.63, 3.8) is 0 Å². The van der Waals surface area contributed by atoms with Crippen LogP contribution in [-0.2, 0) is 12.0 Å². The van der Waals surface area contributed by atoms with Crippen molar-refractivity contribution in [3.05, 3.63) is 40.0 Å². The van der Waals surface area contributed by atoms with Crippen molar-refractivity contribution in [2.75, 3.05) is 0 Å². The van der Waals surface area contributed by atoms with E-state index in [0.717, 1.165) is 9.88 Å². The smallest absolute Gasteiger partial charge is 0.123 e. The van der Waals surface area contributed by atoms with Gasteiger partial charge < -0.3 is 5.11 Å². The van der Waals surface area contributed by atoms with Crippen molar-refractivity contribution in [1.82, 2.24) is 4.98 Å². The summed E-state index contributed by atoms with van der Waals surface area (Å²) < 4.78 is 13.2. The van der Waals surface area contributed by atoms with Crippen LogP contribution >= 0.6 is 11.3 Å². The highest BCUT2D eigenvalue weighted by atomic mass is 32.1. The first-order valence-electron chi connectivity index (χ1n) is 5.79. The van der Waals surface area contributed by atoms with E-state index in [1.165, 1.54) is 23.5 Å². The molecular weight excluding hydrogens is 249 g/mol. The first-order chi connectivity index (χ1) is 8.41. The minimum absolute atomic E-state index is 0.0693. The van der Waals surface area contributed by atoms with Gasteiger partial charge in [0.25, 0.3) is 0 Å². The van der Waals surface area contributed by atoms with Crippen LogP contribution in [0.4, 0.5) is 4.39 Å². The van der Waals surface area contributed by atoms with Gasteiger partial charge in [-0.1, -0.05) is 32.9 Å². The quantitative estimate of drug-likeness (QED) is 0.897. The normalized spacial score (nSPS) is 11.8. The Balaban J connectivity index is 2.54. The fourth-order valence-electron chi connectivity index (χ4n) is 1.64. The summed E-state index contributed by atoms with van der Waals surface area (Å²) in [6, 6.07) is 6.31. The summed E-state index contributed by atoms with van der Waals surface area (Å²) in [5.41, 5.74) is 1.33.